The van der Waals surface area contributed by atoms with Crippen LogP contribution in [0.3, 0.4) is 0 Å². The van der Waals surface area contributed by atoms with E-state index in [2.05, 4.69) is 73.3 Å². The van der Waals surface area contributed by atoms with Crippen molar-refractivity contribution in [3.05, 3.63) is 76.9 Å². The molecule has 0 unspecified atom stereocenters. The summed E-state index contributed by atoms with van der Waals surface area (Å²) in [5.74, 6) is 0. The van der Waals surface area contributed by atoms with Crippen molar-refractivity contribution in [1.82, 2.24) is 4.90 Å². The summed E-state index contributed by atoms with van der Waals surface area (Å²) >= 11 is 0. The molecule has 102 valence electrons. The zero-order valence-corrected chi connectivity index (χ0v) is 12.3. The Labute approximate surface area is 121 Å². The summed E-state index contributed by atoms with van der Waals surface area (Å²) in [7, 11) is 0. The van der Waals surface area contributed by atoms with Gasteiger partial charge in [-0.2, -0.15) is 0 Å². The fourth-order valence-corrected chi connectivity index (χ4v) is 3.10. The highest BCUT2D eigenvalue weighted by molar-refractivity contribution is 5.68. The first-order valence-corrected chi connectivity index (χ1v) is 7.36. The van der Waals surface area contributed by atoms with E-state index in [0.717, 1.165) is 19.5 Å². The number of benzene rings is 2. The molecule has 1 aliphatic heterocycles. The molecule has 20 heavy (non-hydrogen) atoms. The van der Waals surface area contributed by atoms with Gasteiger partial charge < -0.3 is 4.90 Å². The molecular formula is C19H21N. The molecule has 1 aliphatic rings. The van der Waals surface area contributed by atoms with Crippen LogP contribution in [0.1, 0.15) is 30.5 Å². The topological polar surface area (TPSA) is 3.24 Å². The summed E-state index contributed by atoms with van der Waals surface area (Å²) in [5, 5.41) is 0. The van der Waals surface area contributed by atoms with Gasteiger partial charge in [-0.05, 0) is 42.5 Å². The van der Waals surface area contributed by atoms with Crippen LogP contribution < -0.4 is 0 Å². The molecule has 0 saturated carbocycles. The second-order valence-electron chi connectivity index (χ2n) is 5.45. The van der Waals surface area contributed by atoms with Crippen molar-refractivity contribution in [2.24, 2.45) is 0 Å². The van der Waals surface area contributed by atoms with E-state index in [1.165, 1.54) is 28.0 Å². The molecule has 1 heteroatoms. The molecule has 2 aromatic carbocycles. The van der Waals surface area contributed by atoms with Gasteiger partial charge in [-0.3, -0.25) is 0 Å². The second kappa shape index (κ2) is 5.54. The molecule has 1 nitrogen and oxygen atoms in total. The van der Waals surface area contributed by atoms with Crippen LogP contribution in [0.2, 0.25) is 0 Å². The van der Waals surface area contributed by atoms with Crippen molar-refractivity contribution in [3.8, 4) is 0 Å². The molecular weight excluding hydrogens is 242 g/mol. The van der Waals surface area contributed by atoms with Gasteiger partial charge in [-0.25, -0.2) is 0 Å². The van der Waals surface area contributed by atoms with Crippen LogP contribution in [0, 0.1) is 0 Å². The number of fused-ring (bicyclic) bond motifs is 1. The van der Waals surface area contributed by atoms with E-state index in [1.807, 2.05) is 0 Å². The van der Waals surface area contributed by atoms with Crippen molar-refractivity contribution in [2.75, 3.05) is 6.54 Å². The third kappa shape index (κ3) is 2.36. The van der Waals surface area contributed by atoms with Crippen LogP contribution in [-0.4, -0.2) is 11.4 Å². The first kappa shape index (κ1) is 13.0. The van der Waals surface area contributed by atoms with Crippen molar-refractivity contribution in [1.29, 1.82) is 0 Å². The molecule has 2 aromatic rings. The van der Waals surface area contributed by atoms with Crippen LogP contribution in [-0.2, 0) is 13.0 Å². The first-order chi connectivity index (χ1) is 9.79. The Bertz CT molecular complexity index is 625. The van der Waals surface area contributed by atoms with Gasteiger partial charge in [0.15, 0.2) is 0 Å². The molecule has 0 spiro atoms. The minimum absolute atomic E-state index is 1.01. The zero-order valence-electron chi connectivity index (χ0n) is 12.3. The molecule has 0 fully saturated rings. The van der Waals surface area contributed by atoms with Crippen LogP contribution in [0.25, 0.3) is 5.70 Å². The van der Waals surface area contributed by atoms with E-state index in [-0.39, 0.29) is 0 Å². The lowest BCUT2D eigenvalue weighted by Gasteiger charge is -2.26. The zero-order chi connectivity index (χ0) is 13.9. The molecule has 0 atom stereocenters. The molecule has 0 radical (unpaired) electrons. The summed E-state index contributed by atoms with van der Waals surface area (Å²) in [6, 6.07) is 19.6. The third-order valence-electron chi connectivity index (χ3n) is 4.08. The molecule has 0 aromatic heterocycles. The summed E-state index contributed by atoms with van der Waals surface area (Å²) in [5.41, 5.74) is 7.13. The summed E-state index contributed by atoms with van der Waals surface area (Å²) in [6.45, 7) is 6.56. The maximum atomic E-state index is 2.50. The summed E-state index contributed by atoms with van der Waals surface area (Å²) in [6.07, 6.45) is 1.05. The van der Waals surface area contributed by atoms with Gasteiger partial charge >= 0.3 is 0 Å². The highest BCUT2D eigenvalue weighted by Crippen LogP contribution is 2.31. The standard InChI is InChI=1S/C19H21N/c1-3-20-14-18-12-8-7-11-17(18)13-15(2)19(20)16-9-5-4-6-10-16/h4-12H,3,13-14H2,1-2H3. The SMILES string of the molecule is CCN1Cc2ccccc2CC(C)=C1c1ccccc1. The number of nitrogens with zero attached hydrogens (tertiary/aromatic N) is 1. The average molecular weight is 263 g/mol. The Morgan fingerprint density at radius 1 is 0.900 bits per heavy atom. The number of hydrogen-bond donors (Lipinski definition) is 0. The summed E-state index contributed by atoms with van der Waals surface area (Å²) < 4.78 is 0. The Balaban J connectivity index is 2.09. The van der Waals surface area contributed by atoms with Gasteiger partial charge in [0.1, 0.15) is 0 Å². The molecule has 0 bridgehead atoms. The lowest BCUT2D eigenvalue weighted by Crippen LogP contribution is -2.21. The van der Waals surface area contributed by atoms with Crippen LogP contribution >= 0.6 is 0 Å². The Morgan fingerprint density at radius 2 is 1.55 bits per heavy atom. The number of allylic oxidation sites excluding steroid dienone is 1. The van der Waals surface area contributed by atoms with Crippen molar-refractivity contribution >= 4 is 5.70 Å². The Morgan fingerprint density at radius 3 is 2.25 bits per heavy atom. The fourth-order valence-electron chi connectivity index (χ4n) is 3.10. The summed E-state index contributed by atoms with van der Waals surface area (Å²) in [4.78, 5) is 2.50. The van der Waals surface area contributed by atoms with E-state index >= 15 is 0 Å². The fraction of sp³-hybridized carbons (Fsp3) is 0.263. The molecule has 0 amide bonds. The van der Waals surface area contributed by atoms with Crippen molar-refractivity contribution in [3.63, 3.8) is 0 Å². The number of rotatable bonds is 2. The number of hydrogen-bond acceptors (Lipinski definition) is 1. The van der Waals surface area contributed by atoms with E-state index in [1.54, 1.807) is 0 Å². The van der Waals surface area contributed by atoms with Crippen LogP contribution in [0.15, 0.2) is 60.2 Å². The molecule has 0 saturated heterocycles. The first-order valence-electron chi connectivity index (χ1n) is 7.36. The predicted molar refractivity (Wildman–Crippen MR) is 85.3 cm³/mol. The van der Waals surface area contributed by atoms with Gasteiger partial charge in [0.25, 0.3) is 0 Å². The van der Waals surface area contributed by atoms with Crippen LogP contribution in [0.4, 0.5) is 0 Å². The van der Waals surface area contributed by atoms with Gasteiger partial charge in [-0.1, -0.05) is 54.6 Å². The van der Waals surface area contributed by atoms with Gasteiger partial charge in [0, 0.05) is 18.8 Å². The highest BCUT2D eigenvalue weighted by atomic mass is 15.1. The van der Waals surface area contributed by atoms with E-state index in [4.69, 9.17) is 0 Å². The largest absolute Gasteiger partial charge is 0.367 e. The van der Waals surface area contributed by atoms with E-state index in [0.29, 0.717) is 0 Å². The van der Waals surface area contributed by atoms with Crippen LogP contribution in [0.5, 0.6) is 0 Å². The molecule has 1 heterocycles. The third-order valence-corrected chi connectivity index (χ3v) is 4.08. The quantitative estimate of drug-likeness (QED) is 0.771. The van der Waals surface area contributed by atoms with E-state index in [9.17, 15) is 0 Å². The maximum Gasteiger partial charge on any atom is 0.0435 e. The van der Waals surface area contributed by atoms with Crippen molar-refractivity contribution in [2.45, 2.75) is 26.8 Å². The average Bonchev–Trinajstić information content (AvgIpc) is 2.63. The smallest absolute Gasteiger partial charge is 0.0435 e. The van der Waals surface area contributed by atoms with Gasteiger partial charge in [0.05, 0.1) is 0 Å². The second-order valence-corrected chi connectivity index (χ2v) is 5.45. The predicted octanol–water partition coefficient (Wildman–Crippen LogP) is 4.50. The minimum Gasteiger partial charge on any atom is -0.367 e. The minimum atomic E-state index is 1.01. The Kier molecular flexibility index (Phi) is 3.60. The van der Waals surface area contributed by atoms with Gasteiger partial charge in [0.2, 0.25) is 0 Å². The normalized spacial score (nSPS) is 15.0. The lowest BCUT2D eigenvalue weighted by atomic mass is 10.00. The molecule has 3 rings (SSSR count). The monoisotopic (exact) mass is 263 g/mol. The molecule has 0 aliphatic carbocycles. The highest BCUT2D eigenvalue weighted by Gasteiger charge is 2.19. The Hall–Kier alpha value is -2.02. The van der Waals surface area contributed by atoms with Crippen molar-refractivity contribution < 1.29 is 0 Å². The van der Waals surface area contributed by atoms with E-state index < -0.39 is 0 Å². The maximum absolute atomic E-state index is 2.50. The molecule has 0 N–H and O–H groups in total. The lowest BCUT2D eigenvalue weighted by molar-refractivity contribution is 0.412. The van der Waals surface area contributed by atoms with Gasteiger partial charge in [-0.15, -0.1) is 0 Å².